The van der Waals surface area contributed by atoms with E-state index < -0.39 is 0 Å². The smallest absolute Gasteiger partial charge is 0.0991 e. The summed E-state index contributed by atoms with van der Waals surface area (Å²) in [7, 11) is 0. The Bertz CT molecular complexity index is 853. The quantitative estimate of drug-likeness (QED) is 0.744. The molecule has 1 heterocycles. The van der Waals surface area contributed by atoms with E-state index in [-0.39, 0.29) is 0 Å². The summed E-state index contributed by atoms with van der Waals surface area (Å²) in [5, 5.41) is 17.9. The van der Waals surface area contributed by atoms with Crippen LogP contribution in [0.2, 0.25) is 0 Å². The van der Waals surface area contributed by atoms with Crippen molar-refractivity contribution >= 4 is 0 Å². The molecule has 0 unspecified atom stereocenters. The van der Waals surface area contributed by atoms with Crippen molar-refractivity contribution in [2.75, 3.05) is 0 Å². The van der Waals surface area contributed by atoms with Gasteiger partial charge in [-0.1, -0.05) is 24.3 Å². The Balaban J connectivity index is 2.17. The summed E-state index contributed by atoms with van der Waals surface area (Å²) in [6.45, 7) is 4.10. The normalized spacial score (nSPS) is 10.1. The number of hydrogen-bond donors (Lipinski definition) is 1. The fourth-order valence-electron chi connectivity index (χ4n) is 2.93. The van der Waals surface area contributed by atoms with Gasteiger partial charge in [-0.25, -0.2) is 0 Å². The fourth-order valence-corrected chi connectivity index (χ4v) is 2.93. The van der Waals surface area contributed by atoms with Gasteiger partial charge in [-0.15, -0.1) is 0 Å². The first-order valence-corrected chi connectivity index (χ1v) is 7.34. The van der Waals surface area contributed by atoms with E-state index in [0.717, 1.165) is 33.6 Å². The molecule has 110 valence electrons. The van der Waals surface area contributed by atoms with E-state index in [0.29, 0.717) is 11.1 Å². The van der Waals surface area contributed by atoms with Crippen LogP contribution in [-0.4, -0.2) is 4.98 Å². The number of aromatic nitrogens is 1. The minimum atomic E-state index is 0.651. The highest BCUT2D eigenvalue weighted by Crippen LogP contribution is 2.37. The van der Waals surface area contributed by atoms with Gasteiger partial charge >= 0.3 is 0 Å². The minimum Gasteiger partial charge on any atom is -0.362 e. The molecule has 1 N–H and O–H groups in total. The van der Waals surface area contributed by atoms with Crippen LogP contribution in [0.15, 0.2) is 48.5 Å². The molecule has 0 atom stereocenters. The first kappa shape index (κ1) is 14.6. The number of benzene rings is 2. The van der Waals surface area contributed by atoms with Crippen molar-refractivity contribution in [1.29, 1.82) is 10.5 Å². The zero-order valence-corrected chi connectivity index (χ0v) is 13.0. The van der Waals surface area contributed by atoms with Crippen LogP contribution in [0, 0.1) is 36.5 Å². The van der Waals surface area contributed by atoms with E-state index in [1.165, 1.54) is 0 Å². The van der Waals surface area contributed by atoms with E-state index >= 15 is 0 Å². The van der Waals surface area contributed by atoms with Gasteiger partial charge in [0.1, 0.15) is 0 Å². The Morgan fingerprint density at radius 1 is 0.652 bits per heavy atom. The van der Waals surface area contributed by atoms with E-state index in [1.54, 1.807) is 0 Å². The summed E-state index contributed by atoms with van der Waals surface area (Å²) in [6, 6.07) is 19.5. The molecule has 0 aliphatic carbocycles. The number of hydrogen-bond acceptors (Lipinski definition) is 2. The summed E-state index contributed by atoms with van der Waals surface area (Å²) < 4.78 is 0. The Hall–Kier alpha value is -3.30. The molecule has 0 saturated heterocycles. The molecule has 3 heteroatoms. The van der Waals surface area contributed by atoms with Crippen LogP contribution in [0.5, 0.6) is 0 Å². The summed E-state index contributed by atoms with van der Waals surface area (Å²) in [5.41, 5.74) is 7.90. The average molecular weight is 297 g/mol. The van der Waals surface area contributed by atoms with Crippen LogP contribution in [0.4, 0.5) is 0 Å². The molecule has 0 spiro atoms. The summed E-state index contributed by atoms with van der Waals surface area (Å²) in [4.78, 5) is 3.40. The number of H-pyrrole nitrogens is 1. The van der Waals surface area contributed by atoms with Gasteiger partial charge in [0.25, 0.3) is 0 Å². The zero-order chi connectivity index (χ0) is 16.4. The van der Waals surface area contributed by atoms with Gasteiger partial charge in [-0.2, -0.15) is 10.5 Å². The lowest BCUT2D eigenvalue weighted by molar-refractivity contribution is 1.19. The van der Waals surface area contributed by atoms with Crippen molar-refractivity contribution in [2.24, 2.45) is 0 Å². The van der Waals surface area contributed by atoms with Crippen LogP contribution in [-0.2, 0) is 0 Å². The first-order chi connectivity index (χ1) is 11.1. The van der Waals surface area contributed by atoms with Crippen molar-refractivity contribution < 1.29 is 0 Å². The van der Waals surface area contributed by atoms with Crippen molar-refractivity contribution in [2.45, 2.75) is 13.8 Å². The molecule has 3 nitrogen and oxygen atoms in total. The molecule has 0 saturated carbocycles. The van der Waals surface area contributed by atoms with Crippen LogP contribution >= 0.6 is 0 Å². The molecule has 0 bridgehead atoms. The second-order valence-electron chi connectivity index (χ2n) is 5.50. The van der Waals surface area contributed by atoms with Crippen molar-refractivity contribution in [1.82, 2.24) is 4.98 Å². The monoisotopic (exact) mass is 297 g/mol. The van der Waals surface area contributed by atoms with Gasteiger partial charge in [-0.3, -0.25) is 0 Å². The van der Waals surface area contributed by atoms with Gasteiger partial charge in [0.05, 0.1) is 23.3 Å². The fraction of sp³-hybridized carbons (Fsp3) is 0.100. The predicted octanol–water partition coefficient (Wildman–Crippen LogP) is 4.71. The lowest BCUT2D eigenvalue weighted by Crippen LogP contribution is -1.85. The maximum absolute atomic E-state index is 8.96. The zero-order valence-electron chi connectivity index (χ0n) is 13.0. The summed E-state index contributed by atoms with van der Waals surface area (Å²) in [5.74, 6) is 0. The number of rotatable bonds is 2. The Labute approximate surface area is 135 Å². The number of nitriles is 2. The van der Waals surface area contributed by atoms with Crippen LogP contribution in [0.25, 0.3) is 22.3 Å². The maximum atomic E-state index is 8.96. The van der Waals surface area contributed by atoms with Crippen LogP contribution < -0.4 is 0 Å². The van der Waals surface area contributed by atoms with Gasteiger partial charge in [0, 0.05) is 22.5 Å². The molecular formula is C20H15N3. The Kier molecular flexibility index (Phi) is 3.71. The molecule has 0 aliphatic rings. The number of nitrogens with zero attached hydrogens (tertiary/aromatic N) is 2. The third-order valence-corrected chi connectivity index (χ3v) is 3.98. The largest absolute Gasteiger partial charge is 0.362 e. The van der Waals surface area contributed by atoms with E-state index in [2.05, 4.69) is 17.1 Å². The molecule has 3 aromatic rings. The molecule has 0 fully saturated rings. The molecule has 1 aromatic heterocycles. The SMILES string of the molecule is Cc1[nH]c(C)c(-c2ccc(C#N)cc2)c1-c1ccc(C#N)cc1. The van der Waals surface area contributed by atoms with Crippen LogP contribution in [0.1, 0.15) is 22.5 Å². The van der Waals surface area contributed by atoms with E-state index in [1.807, 2.05) is 62.4 Å². The lowest BCUT2D eigenvalue weighted by atomic mass is 9.94. The standard InChI is InChI=1S/C20H15N3/c1-13-19(17-7-3-15(11-21)4-8-17)20(14(2)23-13)18-9-5-16(12-22)6-10-18/h3-10,23H,1-2H3. The maximum Gasteiger partial charge on any atom is 0.0991 e. The molecule has 2 aromatic carbocycles. The summed E-state index contributed by atoms with van der Waals surface area (Å²) >= 11 is 0. The van der Waals surface area contributed by atoms with Gasteiger partial charge in [0.2, 0.25) is 0 Å². The highest BCUT2D eigenvalue weighted by atomic mass is 14.7. The summed E-state index contributed by atoms with van der Waals surface area (Å²) in [6.07, 6.45) is 0. The average Bonchev–Trinajstić information content (AvgIpc) is 2.89. The Morgan fingerprint density at radius 3 is 1.30 bits per heavy atom. The molecule has 0 aliphatic heterocycles. The molecular weight excluding hydrogens is 282 g/mol. The predicted molar refractivity (Wildman–Crippen MR) is 90.6 cm³/mol. The first-order valence-electron chi connectivity index (χ1n) is 7.34. The molecule has 23 heavy (non-hydrogen) atoms. The highest BCUT2D eigenvalue weighted by molar-refractivity contribution is 5.87. The third kappa shape index (κ3) is 2.61. The molecule has 3 rings (SSSR count). The Morgan fingerprint density at radius 2 is 1.00 bits per heavy atom. The number of nitrogens with one attached hydrogen (secondary N) is 1. The van der Waals surface area contributed by atoms with Crippen molar-refractivity contribution in [3.05, 3.63) is 71.0 Å². The minimum absolute atomic E-state index is 0.651. The highest BCUT2D eigenvalue weighted by Gasteiger charge is 2.16. The number of aromatic amines is 1. The van der Waals surface area contributed by atoms with Crippen molar-refractivity contribution in [3.63, 3.8) is 0 Å². The van der Waals surface area contributed by atoms with Crippen molar-refractivity contribution in [3.8, 4) is 34.4 Å². The second kappa shape index (κ2) is 5.83. The topological polar surface area (TPSA) is 63.4 Å². The van der Waals surface area contributed by atoms with E-state index in [4.69, 9.17) is 10.5 Å². The van der Waals surface area contributed by atoms with E-state index in [9.17, 15) is 0 Å². The second-order valence-corrected chi connectivity index (χ2v) is 5.50. The lowest BCUT2D eigenvalue weighted by Gasteiger charge is -2.08. The molecule has 0 amide bonds. The van der Waals surface area contributed by atoms with Gasteiger partial charge in [-0.05, 0) is 49.2 Å². The number of aryl methyl sites for hydroxylation is 2. The van der Waals surface area contributed by atoms with Crippen LogP contribution in [0.3, 0.4) is 0 Å². The van der Waals surface area contributed by atoms with Gasteiger partial charge < -0.3 is 4.98 Å². The third-order valence-electron chi connectivity index (χ3n) is 3.98. The van der Waals surface area contributed by atoms with Gasteiger partial charge in [0.15, 0.2) is 0 Å². The molecule has 0 radical (unpaired) electrons.